The van der Waals surface area contributed by atoms with Crippen molar-refractivity contribution >= 4 is 11.9 Å². The monoisotopic (exact) mass is 316 g/mol. The summed E-state index contributed by atoms with van der Waals surface area (Å²) in [5.41, 5.74) is 2.62. The maximum atomic E-state index is 11.9. The van der Waals surface area contributed by atoms with E-state index in [-0.39, 0.29) is 18.0 Å². The minimum atomic E-state index is -0.219. The molecule has 1 aliphatic carbocycles. The van der Waals surface area contributed by atoms with Crippen LogP contribution in [-0.2, 0) is 17.6 Å². The standard InChI is InChI=1S/C18H28N4O/c1-18(2,3)22-16(23)12-20-17(19-4)21-15-10-9-13-7-5-6-8-14(13)11-15/h5-8,15H,9-12H2,1-4H3,(H,22,23)(H2,19,20,21). The van der Waals surface area contributed by atoms with Crippen molar-refractivity contribution in [2.24, 2.45) is 4.99 Å². The highest BCUT2D eigenvalue weighted by atomic mass is 16.2. The summed E-state index contributed by atoms with van der Waals surface area (Å²) in [6, 6.07) is 8.93. The van der Waals surface area contributed by atoms with E-state index >= 15 is 0 Å². The summed E-state index contributed by atoms with van der Waals surface area (Å²) in [5.74, 6) is 0.646. The Balaban J connectivity index is 1.83. The summed E-state index contributed by atoms with van der Waals surface area (Å²) < 4.78 is 0. The van der Waals surface area contributed by atoms with Crippen LogP contribution in [0.3, 0.4) is 0 Å². The highest BCUT2D eigenvalue weighted by Crippen LogP contribution is 2.20. The lowest BCUT2D eigenvalue weighted by Gasteiger charge is -2.27. The van der Waals surface area contributed by atoms with Gasteiger partial charge < -0.3 is 16.0 Å². The third kappa shape index (κ3) is 5.58. The van der Waals surface area contributed by atoms with Gasteiger partial charge in [-0.25, -0.2) is 0 Å². The SMILES string of the molecule is CN=C(NCC(=O)NC(C)(C)C)NC1CCc2ccccc2C1. The molecular weight excluding hydrogens is 288 g/mol. The Hall–Kier alpha value is -2.04. The molecule has 1 unspecified atom stereocenters. The van der Waals surface area contributed by atoms with E-state index in [4.69, 9.17) is 0 Å². The van der Waals surface area contributed by atoms with E-state index < -0.39 is 0 Å². The maximum absolute atomic E-state index is 11.9. The first-order valence-corrected chi connectivity index (χ1v) is 8.22. The third-order valence-corrected chi connectivity index (χ3v) is 3.84. The third-order valence-electron chi connectivity index (χ3n) is 3.84. The highest BCUT2D eigenvalue weighted by Gasteiger charge is 2.19. The second kappa shape index (κ2) is 7.49. The van der Waals surface area contributed by atoms with Crippen LogP contribution in [0, 0.1) is 0 Å². The van der Waals surface area contributed by atoms with E-state index in [1.54, 1.807) is 7.05 Å². The van der Waals surface area contributed by atoms with Gasteiger partial charge in [0.25, 0.3) is 0 Å². The number of carbonyl (C=O) groups excluding carboxylic acids is 1. The fourth-order valence-electron chi connectivity index (χ4n) is 2.84. The van der Waals surface area contributed by atoms with E-state index in [9.17, 15) is 4.79 Å². The summed E-state index contributed by atoms with van der Waals surface area (Å²) in [7, 11) is 1.73. The van der Waals surface area contributed by atoms with Crippen molar-refractivity contribution in [2.45, 2.75) is 51.6 Å². The molecule has 0 aliphatic heterocycles. The molecule has 3 N–H and O–H groups in total. The lowest BCUT2D eigenvalue weighted by molar-refractivity contribution is -0.121. The average molecular weight is 316 g/mol. The fourth-order valence-corrected chi connectivity index (χ4v) is 2.84. The number of carbonyl (C=O) groups is 1. The van der Waals surface area contributed by atoms with Gasteiger partial charge in [-0.1, -0.05) is 24.3 Å². The number of benzene rings is 1. The molecule has 1 aliphatic rings. The smallest absolute Gasteiger partial charge is 0.239 e. The Labute approximate surface area is 139 Å². The largest absolute Gasteiger partial charge is 0.353 e. The predicted molar refractivity (Wildman–Crippen MR) is 94.6 cm³/mol. The number of guanidine groups is 1. The van der Waals surface area contributed by atoms with Crippen molar-refractivity contribution in [2.75, 3.05) is 13.6 Å². The molecule has 0 radical (unpaired) electrons. The summed E-state index contributed by atoms with van der Waals surface area (Å²) in [5, 5.41) is 9.44. The molecular formula is C18H28N4O. The van der Waals surface area contributed by atoms with Gasteiger partial charge in [-0.05, 0) is 51.2 Å². The molecule has 23 heavy (non-hydrogen) atoms. The number of hydrogen-bond acceptors (Lipinski definition) is 2. The van der Waals surface area contributed by atoms with Crippen LogP contribution in [0.15, 0.2) is 29.3 Å². The molecule has 126 valence electrons. The van der Waals surface area contributed by atoms with Crippen LogP contribution in [0.2, 0.25) is 0 Å². The molecule has 1 aromatic carbocycles. The Morgan fingerprint density at radius 1 is 1.26 bits per heavy atom. The number of hydrogen-bond donors (Lipinski definition) is 3. The van der Waals surface area contributed by atoms with Crippen molar-refractivity contribution in [1.29, 1.82) is 0 Å². The topological polar surface area (TPSA) is 65.5 Å². The van der Waals surface area contributed by atoms with Crippen molar-refractivity contribution in [3.8, 4) is 0 Å². The number of nitrogens with one attached hydrogen (secondary N) is 3. The Morgan fingerprint density at radius 3 is 2.61 bits per heavy atom. The summed E-state index contributed by atoms with van der Waals surface area (Å²) in [6.07, 6.45) is 3.15. The number of aliphatic imine (C=N–C) groups is 1. The molecule has 0 spiro atoms. The average Bonchev–Trinajstić information content (AvgIpc) is 2.49. The minimum absolute atomic E-state index is 0.0329. The van der Waals surface area contributed by atoms with Crippen LogP contribution < -0.4 is 16.0 Å². The van der Waals surface area contributed by atoms with Gasteiger partial charge in [0.2, 0.25) is 5.91 Å². The first-order valence-electron chi connectivity index (χ1n) is 8.22. The molecule has 1 amide bonds. The zero-order valence-electron chi connectivity index (χ0n) is 14.6. The van der Waals surface area contributed by atoms with Gasteiger partial charge in [-0.15, -0.1) is 0 Å². The lowest BCUT2D eigenvalue weighted by atomic mass is 9.88. The van der Waals surface area contributed by atoms with Gasteiger partial charge >= 0.3 is 0 Å². The number of rotatable bonds is 3. The molecule has 0 heterocycles. The predicted octanol–water partition coefficient (Wildman–Crippen LogP) is 1.62. The van der Waals surface area contributed by atoms with E-state index in [2.05, 4.69) is 45.2 Å². The van der Waals surface area contributed by atoms with Crippen LogP contribution in [0.4, 0.5) is 0 Å². The van der Waals surface area contributed by atoms with Crippen molar-refractivity contribution < 1.29 is 4.79 Å². The molecule has 5 heteroatoms. The Morgan fingerprint density at radius 2 is 1.96 bits per heavy atom. The lowest BCUT2D eigenvalue weighted by Crippen LogP contribution is -2.50. The summed E-state index contributed by atoms with van der Waals surface area (Å²) in [4.78, 5) is 16.1. The maximum Gasteiger partial charge on any atom is 0.239 e. The molecule has 0 aromatic heterocycles. The van der Waals surface area contributed by atoms with Gasteiger partial charge in [-0.3, -0.25) is 9.79 Å². The van der Waals surface area contributed by atoms with E-state index in [0.29, 0.717) is 12.0 Å². The molecule has 0 saturated heterocycles. The van der Waals surface area contributed by atoms with Gasteiger partial charge in [0.15, 0.2) is 5.96 Å². The molecule has 1 aromatic rings. The number of amides is 1. The van der Waals surface area contributed by atoms with Gasteiger partial charge in [0.1, 0.15) is 0 Å². The normalized spacial score (nSPS) is 18.1. The van der Waals surface area contributed by atoms with Crippen LogP contribution in [0.1, 0.15) is 38.3 Å². The van der Waals surface area contributed by atoms with Crippen LogP contribution >= 0.6 is 0 Å². The zero-order valence-corrected chi connectivity index (χ0v) is 14.6. The van der Waals surface area contributed by atoms with Gasteiger partial charge in [0.05, 0.1) is 6.54 Å². The molecule has 0 bridgehead atoms. The van der Waals surface area contributed by atoms with E-state index in [0.717, 1.165) is 19.3 Å². The number of aryl methyl sites for hydroxylation is 1. The number of fused-ring (bicyclic) bond motifs is 1. The van der Waals surface area contributed by atoms with Gasteiger partial charge in [-0.2, -0.15) is 0 Å². The quantitative estimate of drug-likeness (QED) is 0.586. The van der Waals surface area contributed by atoms with Crippen molar-refractivity contribution in [3.63, 3.8) is 0 Å². The second-order valence-corrected chi connectivity index (χ2v) is 7.08. The molecule has 1 atom stereocenters. The van der Waals surface area contributed by atoms with Crippen molar-refractivity contribution in [1.82, 2.24) is 16.0 Å². The van der Waals surface area contributed by atoms with E-state index in [1.807, 2.05) is 20.8 Å². The van der Waals surface area contributed by atoms with Crippen LogP contribution in [-0.4, -0.2) is 37.0 Å². The molecule has 2 rings (SSSR count). The van der Waals surface area contributed by atoms with Gasteiger partial charge in [0, 0.05) is 18.6 Å². The molecule has 5 nitrogen and oxygen atoms in total. The summed E-state index contributed by atoms with van der Waals surface area (Å²) >= 11 is 0. The molecule has 0 fully saturated rings. The van der Waals surface area contributed by atoms with Crippen LogP contribution in [0.25, 0.3) is 0 Å². The first kappa shape index (κ1) is 17.3. The van der Waals surface area contributed by atoms with E-state index in [1.165, 1.54) is 11.1 Å². The van der Waals surface area contributed by atoms with Crippen molar-refractivity contribution in [3.05, 3.63) is 35.4 Å². The summed E-state index contributed by atoms with van der Waals surface area (Å²) in [6.45, 7) is 6.13. The second-order valence-electron chi connectivity index (χ2n) is 7.08. The Kier molecular flexibility index (Phi) is 5.64. The highest BCUT2D eigenvalue weighted by molar-refractivity contribution is 5.86. The Bertz CT molecular complexity index is 575. The number of nitrogens with zero attached hydrogens (tertiary/aromatic N) is 1. The molecule has 0 saturated carbocycles. The fraction of sp³-hybridized carbons (Fsp3) is 0.556. The first-order chi connectivity index (χ1) is 10.9. The minimum Gasteiger partial charge on any atom is -0.353 e. The van der Waals surface area contributed by atoms with Crippen LogP contribution in [0.5, 0.6) is 0 Å². The zero-order chi connectivity index (χ0) is 16.9.